The zero-order chi connectivity index (χ0) is 13.9. The normalized spacial score (nSPS) is 12.8. The van der Waals surface area contributed by atoms with Crippen LogP contribution >= 0.6 is 35.9 Å². The number of para-hydroxylation sites is 1. The van der Waals surface area contributed by atoms with Crippen molar-refractivity contribution in [2.45, 2.75) is 16.7 Å². The number of hydrogen-bond acceptors (Lipinski definition) is 4. The third kappa shape index (κ3) is 3.39. The molecule has 1 N–H and O–H groups in total. The van der Waals surface area contributed by atoms with E-state index < -0.39 is 0 Å². The Morgan fingerprint density at radius 1 is 1.14 bits per heavy atom. The molecule has 0 aliphatic carbocycles. The number of nitrogens with zero attached hydrogens (tertiary/aromatic N) is 1. The Labute approximate surface area is 140 Å². The van der Waals surface area contributed by atoms with Crippen molar-refractivity contribution in [2.24, 2.45) is 4.99 Å². The van der Waals surface area contributed by atoms with Crippen LogP contribution in [0, 0.1) is 0 Å². The van der Waals surface area contributed by atoms with E-state index in [9.17, 15) is 0 Å². The molecule has 3 rings (SSSR count). The molecule has 0 radical (unpaired) electrons. The lowest BCUT2D eigenvalue weighted by Gasteiger charge is -2.21. The summed E-state index contributed by atoms with van der Waals surface area (Å²) in [5.74, 6) is 0. The number of aliphatic imine (C=N–C) groups is 1. The van der Waals surface area contributed by atoms with Crippen molar-refractivity contribution in [1.29, 1.82) is 0 Å². The average Bonchev–Trinajstić information content (AvgIpc) is 2.50. The zero-order valence-electron chi connectivity index (χ0n) is 11.9. The molecule has 0 spiro atoms. The first-order valence-corrected chi connectivity index (χ1v) is 8.62. The van der Waals surface area contributed by atoms with Gasteiger partial charge in [-0.05, 0) is 37.4 Å². The molecular weight excluding hydrogens is 320 g/mol. The molecule has 0 fully saturated rings. The zero-order valence-corrected chi connectivity index (χ0v) is 14.4. The summed E-state index contributed by atoms with van der Waals surface area (Å²) in [7, 11) is 0. The number of hydrogen-bond donors (Lipinski definition) is 1. The van der Waals surface area contributed by atoms with E-state index in [1.54, 1.807) is 11.8 Å². The number of fused-ring (bicyclic) bond motifs is 2. The Kier molecular flexibility index (Phi) is 5.62. The van der Waals surface area contributed by atoms with Crippen molar-refractivity contribution in [3.8, 4) is 0 Å². The van der Waals surface area contributed by atoms with E-state index in [1.165, 1.54) is 26.7 Å². The third-order valence-corrected chi connectivity index (χ3v) is 5.00. The molecule has 110 valence electrons. The largest absolute Gasteiger partial charge is 0.354 e. The van der Waals surface area contributed by atoms with Crippen molar-refractivity contribution >= 4 is 52.3 Å². The molecule has 0 aromatic heterocycles. The maximum absolute atomic E-state index is 4.55. The van der Waals surface area contributed by atoms with Crippen LogP contribution in [-0.2, 0) is 0 Å². The Morgan fingerprint density at radius 2 is 1.90 bits per heavy atom. The van der Waals surface area contributed by atoms with Crippen molar-refractivity contribution in [2.75, 3.05) is 18.1 Å². The molecule has 2 aromatic carbocycles. The van der Waals surface area contributed by atoms with Crippen molar-refractivity contribution in [3.63, 3.8) is 0 Å². The number of anilines is 2. The average molecular weight is 337 g/mol. The summed E-state index contributed by atoms with van der Waals surface area (Å²) >= 11 is 3.51. The van der Waals surface area contributed by atoms with Gasteiger partial charge in [-0.2, -0.15) is 0 Å². The van der Waals surface area contributed by atoms with Gasteiger partial charge in [0.1, 0.15) is 0 Å². The van der Waals surface area contributed by atoms with E-state index >= 15 is 0 Å². The lowest BCUT2D eigenvalue weighted by Crippen LogP contribution is -2.02. The number of benzene rings is 2. The predicted octanol–water partition coefficient (Wildman–Crippen LogP) is 5.45. The first kappa shape index (κ1) is 16.3. The molecule has 0 amide bonds. The number of nitrogens with one attached hydrogen (secondary N) is 1. The number of rotatable bonds is 2. The minimum atomic E-state index is 0. The molecule has 0 saturated heterocycles. The summed E-state index contributed by atoms with van der Waals surface area (Å²) in [5.41, 5.74) is 3.54. The van der Waals surface area contributed by atoms with Crippen LogP contribution in [0.4, 0.5) is 11.4 Å². The van der Waals surface area contributed by atoms with E-state index in [4.69, 9.17) is 0 Å². The highest BCUT2D eigenvalue weighted by Crippen LogP contribution is 2.44. The van der Waals surface area contributed by atoms with Crippen LogP contribution in [-0.4, -0.2) is 17.8 Å². The Hall–Kier alpha value is -1.10. The standard InChI is InChI=1S/C16H16N2S2.ClH/c1-3-17-16(19-2)11-8-9-15-13(10-11)18-12-6-4-5-7-14(12)20-15;/h4-10,18H,3H2,1-2H3;1H/b17-16-;. The fourth-order valence-electron chi connectivity index (χ4n) is 2.19. The first-order chi connectivity index (χ1) is 9.81. The van der Waals surface area contributed by atoms with Crippen molar-refractivity contribution in [1.82, 2.24) is 0 Å². The second-order valence-corrected chi connectivity index (χ2v) is 6.30. The Bertz CT molecular complexity index is 671. The molecule has 1 aliphatic heterocycles. The van der Waals surface area contributed by atoms with E-state index in [2.05, 4.69) is 66.0 Å². The topological polar surface area (TPSA) is 24.4 Å². The summed E-state index contributed by atoms with van der Waals surface area (Å²) in [6, 6.07) is 14.9. The summed E-state index contributed by atoms with van der Waals surface area (Å²) < 4.78 is 0. The van der Waals surface area contributed by atoms with Crippen LogP contribution in [0.1, 0.15) is 12.5 Å². The molecule has 0 unspecified atom stereocenters. The van der Waals surface area contributed by atoms with Gasteiger partial charge >= 0.3 is 0 Å². The molecule has 2 aromatic rings. The summed E-state index contributed by atoms with van der Waals surface area (Å²) in [5, 5.41) is 4.61. The van der Waals surface area contributed by atoms with Crippen LogP contribution in [0.25, 0.3) is 0 Å². The molecule has 1 heterocycles. The maximum Gasteiger partial charge on any atom is 0.0974 e. The minimum Gasteiger partial charge on any atom is -0.354 e. The second-order valence-electron chi connectivity index (χ2n) is 4.42. The smallest absolute Gasteiger partial charge is 0.0974 e. The van der Waals surface area contributed by atoms with E-state index in [-0.39, 0.29) is 12.4 Å². The molecule has 5 heteroatoms. The van der Waals surface area contributed by atoms with Crippen molar-refractivity contribution in [3.05, 3.63) is 48.0 Å². The number of halogens is 1. The SMILES string of the molecule is CC/N=C(\SC)c1ccc2c(c1)Nc1ccccc1S2.Cl. The molecule has 0 bridgehead atoms. The van der Waals surface area contributed by atoms with E-state index in [0.717, 1.165) is 11.6 Å². The maximum atomic E-state index is 4.55. The quantitative estimate of drug-likeness (QED) is 0.497. The third-order valence-electron chi connectivity index (χ3n) is 3.10. The summed E-state index contributed by atoms with van der Waals surface area (Å²) in [6.07, 6.45) is 2.07. The lowest BCUT2D eigenvalue weighted by molar-refractivity contribution is 1.14. The van der Waals surface area contributed by atoms with Gasteiger partial charge in [0.05, 0.1) is 16.4 Å². The van der Waals surface area contributed by atoms with Crippen molar-refractivity contribution < 1.29 is 0 Å². The van der Waals surface area contributed by atoms with Gasteiger partial charge in [-0.25, -0.2) is 0 Å². The van der Waals surface area contributed by atoms with Gasteiger partial charge in [-0.1, -0.05) is 30.0 Å². The molecule has 1 aliphatic rings. The summed E-state index contributed by atoms with van der Waals surface area (Å²) in [6.45, 7) is 2.89. The van der Waals surface area contributed by atoms with Gasteiger partial charge in [-0.3, -0.25) is 4.99 Å². The van der Waals surface area contributed by atoms with Gasteiger partial charge in [0, 0.05) is 21.9 Å². The predicted molar refractivity (Wildman–Crippen MR) is 98.1 cm³/mol. The first-order valence-electron chi connectivity index (χ1n) is 6.58. The van der Waals surface area contributed by atoms with Crippen LogP contribution in [0.15, 0.2) is 57.2 Å². The van der Waals surface area contributed by atoms with Crippen LogP contribution < -0.4 is 5.32 Å². The van der Waals surface area contributed by atoms with Gasteiger partial charge < -0.3 is 5.32 Å². The van der Waals surface area contributed by atoms with Gasteiger partial charge in [0.2, 0.25) is 0 Å². The second kappa shape index (κ2) is 7.25. The molecule has 2 nitrogen and oxygen atoms in total. The van der Waals surface area contributed by atoms with Crippen LogP contribution in [0.2, 0.25) is 0 Å². The molecule has 21 heavy (non-hydrogen) atoms. The van der Waals surface area contributed by atoms with Gasteiger partial charge in [-0.15, -0.1) is 24.2 Å². The summed E-state index contributed by atoms with van der Waals surface area (Å²) in [4.78, 5) is 7.10. The van der Waals surface area contributed by atoms with Crippen LogP contribution in [0.5, 0.6) is 0 Å². The molecule has 0 saturated carbocycles. The fourth-order valence-corrected chi connectivity index (χ4v) is 3.78. The van der Waals surface area contributed by atoms with Crippen LogP contribution in [0.3, 0.4) is 0 Å². The Morgan fingerprint density at radius 3 is 2.67 bits per heavy atom. The monoisotopic (exact) mass is 336 g/mol. The minimum absolute atomic E-state index is 0. The van der Waals surface area contributed by atoms with Gasteiger partial charge in [0.15, 0.2) is 0 Å². The van der Waals surface area contributed by atoms with E-state index in [1.807, 2.05) is 11.8 Å². The highest BCUT2D eigenvalue weighted by atomic mass is 35.5. The van der Waals surface area contributed by atoms with Gasteiger partial charge in [0.25, 0.3) is 0 Å². The highest BCUT2D eigenvalue weighted by Gasteiger charge is 2.16. The lowest BCUT2D eigenvalue weighted by atomic mass is 10.2. The Balaban J connectivity index is 0.00000161. The molecular formula is C16H17ClN2S2. The number of thioether (sulfide) groups is 1. The molecule has 0 atom stereocenters. The fraction of sp³-hybridized carbons (Fsp3) is 0.188. The highest BCUT2D eigenvalue weighted by molar-refractivity contribution is 8.13. The van der Waals surface area contributed by atoms with E-state index in [0.29, 0.717) is 0 Å².